The quantitative estimate of drug-likeness (QED) is 0.290. The number of hydrogen-bond donors (Lipinski definition) is 1. The maximum atomic E-state index is 12.5. The number of carbonyl (C=O) groups excluding carboxylic acids is 1. The minimum Gasteiger partial charge on any atom is -0.497 e. The third-order valence-corrected chi connectivity index (χ3v) is 7.08. The zero-order valence-electron chi connectivity index (χ0n) is 21.2. The molecule has 0 spiro atoms. The first-order chi connectivity index (χ1) is 18.7. The Kier molecular flexibility index (Phi) is 8.69. The molecular formula is C27H30N6O4S. The number of oxazole rings is 1. The summed E-state index contributed by atoms with van der Waals surface area (Å²) in [6.45, 7) is 4.56. The van der Waals surface area contributed by atoms with Crippen molar-refractivity contribution >= 4 is 17.7 Å². The number of thioether (sulfide) groups is 1. The van der Waals surface area contributed by atoms with E-state index in [-0.39, 0.29) is 11.6 Å². The Balaban J connectivity index is 1.24. The van der Waals surface area contributed by atoms with Gasteiger partial charge in [0.1, 0.15) is 17.8 Å². The Morgan fingerprint density at radius 3 is 2.63 bits per heavy atom. The lowest BCUT2D eigenvalue weighted by Gasteiger charge is -2.26. The highest BCUT2D eigenvalue weighted by molar-refractivity contribution is 7.98. The van der Waals surface area contributed by atoms with Gasteiger partial charge in [0, 0.05) is 38.3 Å². The standard InChI is InChI=1S/C27H30N6O4S/c1-35-22-9-7-21(8-10-22)33-24(17-20-5-3-2-4-6-20)30-31-27(33)38-19-25-29-23(18-37-25)26(34)28-11-12-32-13-15-36-16-14-32/h2-10,18H,11-17,19H2,1H3,(H,28,34). The number of benzene rings is 2. The van der Waals surface area contributed by atoms with E-state index in [4.69, 9.17) is 13.9 Å². The summed E-state index contributed by atoms with van der Waals surface area (Å²) in [5.74, 6) is 2.19. The number of amides is 1. The Morgan fingerprint density at radius 1 is 1.08 bits per heavy atom. The largest absolute Gasteiger partial charge is 0.497 e. The van der Waals surface area contributed by atoms with Crippen LogP contribution in [0.4, 0.5) is 0 Å². The summed E-state index contributed by atoms with van der Waals surface area (Å²) in [4.78, 5) is 19.2. The van der Waals surface area contributed by atoms with Gasteiger partial charge < -0.3 is 19.2 Å². The Hall–Kier alpha value is -3.67. The fraction of sp³-hybridized carbons (Fsp3) is 0.333. The van der Waals surface area contributed by atoms with Crippen molar-refractivity contribution in [3.8, 4) is 11.4 Å². The molecule has 1 N–H and O–H groups in total. The summed E-state index contributed by atoms with van der Waals surface area (Å²) in [5, 5.41) is 12.6. The molecule has 198 valence electrons. The summed E-state index contributed by atoms with van der Waals surface area (Å²) in [6, 6.07) is 17.9. The van der Waals surface area contributed by atoms with Gasteiger partial charge in [0.05, 0.1) is 26.1 Å². The van der Waals surface area contributed by atoms with E-state index in [9.17, 15) is 4.79 Å². The van der Waals surface area contributed by atoms with Crippen molar-refractivity contribution in [2.24, 2.45) is 0 Å². The van der Waals surface area contributed by atoms with E-state index in [0.29, 0.717) is 29.8 Å². The Bertz CT molecular complexity index is 1320. The van der Waals surface area contributed by atoms with Crippen LogP contribution in [0.15, 0.2) is 70.4 Å². The second-order valence-corrected chi connectivity index (χ2v) is 9.66. The second-order valence-electron chi connectivity index (χ2n) is 8.72. The molecule has 0 aliphatic carbocycles. The van der Waals surface area contributed by atoms with Gasteiger partial charge in [-0.1, -0.05) is 42.1 Å². The van der Waals surface area contributed by atoms with E-state index in [1.165, 1.54) is 18.0 Å². The van der Waals surface area contributed by atoms with Crippen molar-refractivity contribution < 1.29 is 18.7 Å². The highest BCUT2D eigenvalue weighted by atomic mass is 32.2. The predicted molar refractivity (Wildman–Crippen MR) is 143 cm³/mol. The molecule has 0 saturated carbocycles. The summed E-state index contributed by atoms with van der Waals surface area (Å²) in [6.07, 6.45) is 2.03. The van der Waals surface area contributed by atoms with Crippen molar-refractivity contribution in [1.82, 2.24) is 30.0 Å². The minimum atomic E-state index is -0.246. The highest BCUT2D eigenvalue weighted by Gasteiger charge is 2.18. The van der Waals surface area contributed by atoms with Crippen LogP contribution in [0.25, 0.3) is 5.69 Å². The first kappa shape index (κ1) is 26.0. The maximum absolute atomic E-state index is 12.5. The van der Waals surface area contributed by atoms with E-state index in [0.717, 1.165) is 55.7 Å². The minimum absolute atomic E-state index is 0.246. The monoisotopic (exact) mass is 534 g/mol. The fourth-order valence-electron chi connectivity index (χ4n) is 4.13. The lowest BCUT2D eigenvalue weighted by atomic mass is 10.1. The Labute approximate surface area is 225 Å². The van der Waals surface area contributed by atoms with Crippen LogP contribution in [0.5, 0.6) is 5.75 Å². The highest BCUT2D eigenvalue weighted by Crippen LogP contribution is 2.27. The number of nitrogens with zero attached hydrogens (tertiary/aromatic N) is 5. The molecular weight excluding hydrogens is 504 g/mol. The molecule has 5 rings (SSSR count). The maximum Gasteiger partial charge on any atom is 0.273 e. The van der Waals surface area contributed by atoms with Gasteiger partial charge in [0.15, 0.2) is 10.9 Å². The van der Waals surface area contributed by atoms with Gasteiger partial charge in [0.25, 0.3) is 5.91 Å². The smallest absolute Gasteiger partial charge is 0.273 e. The van der Waals surface area contributed by atoms with Crippen molar-refractivity contribution in [3.05, 3.63) is 83.8 Å². The normalized spacial score (nSPS) is 13.9. The summed E-state index contributed by atoms with van der Waals surface area (Å²) < 4.78 is 18.3. The van der Waals surface area contributed by atoms with E-state index < -0.39 is 0 Å². The summed E-state index contributed by atoms with van der Waals surface area (Å²) >= 11 is 1.45. The van der Waals surface area contributed by atoms with Gasteiger partial charge in [-0.3, -0.25) is 14.3 Å². The van der Waals surface area contributed by atoms with E-state index in [1.807, 2.05) is 47.0 Å². The third-order valence-electron chi connectivity index (χ3n) is 6.16. The molecule has 2 aromatic carbocycles. The van der Waals surface area contributed by atoms with Crippen molar-refractivity contribution in [2.75, 3.05) is 46.5 Å². The van der Waals surface area contributed by atoms with Crippen LogP contribution in [0.2, 0.25) is 0 Å². The first-order valence-electron chi connectivity index (χ1n) is 12.5. The predicted octanol–water partition coefficient (Wildman–Crippen LogP) is 3.21. The molecule has 4 aromatic rings. The number of morpholine rings is 1. The molecule has 38 heavy (non-hydrogen) atoms. The van der Waals surface area contributed by atoms with Gasteiger partial charge in [-0.25, -0.2) is 4.98 Å². The number of hydrogen-bond acceptors (Lipinski definition) is 9. The molecule has 1 saturated heterocycles. The molecule has 1 fully saturated rings. The van der Waals surface area contributed by atoms with Crippen molar-refractivity contribution in [2.45, 2.75) is 17.3 Å². The van der Waals surface area contributed by atoms with Gasteiger partial charge in [-0.15, -0.1) is 10.2 Å². The van der Waals surface area contributed by atoms with Crippen LogP contribution in [0.1, 0.15) is 27.8 Å². The number of methoxy groups -OCH3 is 1. The molecule has 3 heterocycles. The second kappa shape index (κ2) is 12.7. The van der Waals surface area contributed by atoms with E-state index >= 15 is 0 Å². The molecule has 11 heteroatoms. The van der Waals surface area contributed by atoms with Crippen molar-refractivity contribution in [3.63, 3.8) is 0 Å². The van der Waals surface area contributed by atoms with E-state index in [1.54, 1.807) is 7.11 Å². The molecule has 1 amide bonds. The van der Waals surface area contributed by atoms with E-state index in [2.05, 4.69) is 37.5 Å². The molecule has 0 radical (unpaired) electrons. The average molecular weight is 535 g/mol. The van der Waals surface area contributed by atoms with Crippen LogP contribution in [-0.2, 0) is 16.9 Å². The molecule has 1 aliphatic heterocycles. The molecule has 0 bridgehead atoms. The number of nitrogens with one attached hydrogen (secondary N) is 1. The van der Waals surface area contributed by atoms with Crippen LogP contribution in [0, 0.1) is 0 Å². The molecule has 0 unspecified atom stereocenters. The fourth-order valence-corrected chi connectivity index (χ4v) is 4.95. The molecule has 1 aliphatic rings. The number of ether oxygens (including phenoxy) is 2. The topological polar surface area (TPSA) is 108 Å². The van der Waals surface area contributed by atoms with Crippen molar-refractivity contribution in [1.29, 1.82) is 0 Å². The lowest BCUT2D eigenvalue weighted by molar-refractivity contribution is 0.0383. The van der Waals surface area contributed by atoms with Gasteiger partial charge in [0.2, 0.25) is 5.89 Å². The zero-order chi connectivity index (χ0) is 26.2. The van der Waals surface area contributed by atoms with Crippen LogP contribution in [-0.4, -0.2) is 77.1 Å². The Morgan fingerprint density at radius 2 is 1.87 bits per heavy atom. The molecule has 2 aromatic heterocycles. The summed E-state index contributed by atoms with van der Waals surface area (Å²) in [5.41, 5.74) is 2.34. The van der Waals surface area contributed by atoms with Gasteiger partial charge in [-0.2, -0.15) is 0 Å². The summed E-state index contributed by atoms with van der Waals surface area (Å²) in [7, 11) is 1.64. The zero-order valence-corrected chi connectivity index (χ0v) is 22.0. The number of rotatable bonds is 11. The number of aromatic nitrogens is 4. The van der Waals surface area contributed by atoms with Gasteiger partial charge >= 0.3 is 0 Å². The lowest BCUT2D eigenvalue weighted by Crippen LogP contribution is -2.41. The molecule has 10 nitrogen and oxygen atoms in total. The van der Waals surface area contributed by atoms with Crippen LogP contribution >= 0.6 is 11.8 Å². The van der Waals surface area contributed by atoms with Gasteiger partial charge in [-0.05, 0) is 29.8 Å². The van der Waals surface area contributed by atoms with Crippen LogP contribution in [0.3, 0.4) is 0 Å². The third kappa shape index (κ3) is 6.60. The average Bonchev–Trinajstić information content (AvgIpc) is 3.60. The first-order valence-corrected chi connectivity index (χ1v) is 13.5. The van der Waals surface area contributed by atoms with Crippen LogP contribution < -0.4 is 10.1 Å². The number of carbonyl (C=O) groups is 1. The SMILES string of the molecule is COc1ccc(-n2c(Cc3ccccc3)nnc2SCc2nc(C(=O)NCCN3CCOCC3)co2)cc1. The molecule has 0 atom stereocenters.